The molecule has 1 fully saturated rings. The highest BCUT2D eigenvalue weighted by atomic mass is 127. The Kier molecular flexibility index (Phi) is 4.97. The van der Waals surface area contributed by atoms with E-state index >= 15 is 0 Å². The van der Waals surface area contributed by atoms with Crippen molar-refractivity contribution in [2.75, 3.05) is 13.1 Å². The summed E-state index contributed by atoms with van der Waals surface area (Å²) in [5, 5.41) is 2.96. The molecule has 20 heavy (non-hydrogen) atoms. The monoisotopic (exact) mass is 408 g/mol. The van der Waals surface area contributed by atoms with E-state index in [1.54, 1.807) is 0 Å². The molecule has 3 nitrogen and oxygen atoms in total. The van der Waals surface area contributed by atoms with Crippen LogP contribution in [0.2, 0.25) is 5.02 Å². The van der Waals surface area contributed by atoms with Crippen molar-refractivity contribution < 1.29 is 14.8 Å². The van der Waals surface area contributed by atoms with Crippen LogP contribution in [0.15, 0.2) is 24.3 Å². The lowest BCUT2D eigenvalue weighted by Crippen LogP contribution is -2.87. The summed E-state index contributed by atoms with van der Waals surface area (Å²) >= 11 is 8.09. The maximum absolute atomic E-state index is 12.3. The molecule has 110 valence electrons. The third-order valence-electron chi connectivity index (χ3n) is 3.65. The molecule has 0 aliphatic carbocycles. The lowest BCUT2D eigenvalue weighted by atomic mass is 9.84. The molecule has 5 heteroatoms. The molecule has 1 aliphatic heterocycles. The molecule has 1 heterocycles. The number of halogens is 2. The number of carbonyl (C=O) groups excluding carboxylic acids is 1. The fourth-order valence-corrected chi connectivity index (χ4v) is 2.68. The van der Waals surface area contributed by atoms with Gasteiger partial charge < -0.3 is 10.1 Å². The molecule has 1 aromatic rings. The molecular formula is C15H20ClINO2+. The number of quaternary nitrogens is 1. The molecule has 2 N–H and O–H groups in total. The molecule has 1 aliphatic rings. The van der Waals surface area contributed by atoms with Gasteiger partial charge in [0, 0.05) is 17.9 Å². The second-order valence-electron chi connectivity index (χ2n) is 5.73. The van der Waals surface area contributed by atoms with Crippen LogP contribution in [0.4, 0.5) is 0 Å². The van der Waals surface area contributed by atoms with Gasteiger partial charge in [-0.25, -0.2) is 0 Å². The lowest BCUT2D eigenvalue weighted by Gasteiger charge is -2.37. The smallest absolute Gasteiger partial charge is 0.322 e. The minimum Gasteiger partial charge on any atom is -0.453 e. The van der Waals surface area contributed by atoms with Crippen molar-refractivity contribution in [3.63, 3.8) is 0 Å². The van der Waals surface area contributed by atoms with Gasteiger partial charge in [-0.15, -0.1) is 0 Å². The summed E-state index contributed by atoms with van der Waals surface area (Å²) in [5.41, 5.74) is 0.544. The highest BCUT2D eigenvalue weighted by molar-refractivity contribution is 14.1. The van der Waals surface area contributed by atoms with Gasteiger partial charge >= 0.3 is 5.97 Å². The van der Waals surface area contributed by atoms with Gasteiger partial charge in [0.15, 0.2) is 0 Å². The molecule has 1 aromatic carbocycles. The topological polar surface area (TPSA) is 42.9 Å². The van der Waals surface area contributed by atoms with Gasteiger partial charge in [0.25, 0.3) is 0 Å². The minimum absolute atomic E-state index is 0.157. The van der Waals surface area contributed by atoms with E-state index in [-0.39, 0.29) is 5.97 Å². The number of benzene rings is 1. The number of esters is 1. The summed E-state index contributed by atoms with van der Waals surface area (Å²) in [6.45, 7) is 5.69. The summed E-state index contributed by atoms with van der Waals surface area (Å²) in [7, 11) is 0. The minimum atomic E-state index is -0.516. The van der Waals surface area contributed by atoms with Crippen LogP contribution >= 0.6 is 34.2 Å². The van der Waals surface area contributed by atoms with Gasteiger partial charge in [0.1, 0.15) is 9.02 Å². The Morgan fingerprint density at radius 3 is 2.35 bits per heavy atom. The third-order valence-corrected chi connectivity index (χ3v) is 4.34. The first kappa shape index (κ1) is 16.0. The van der Waals surface area contributed by atoms with Crippen molar-refractivity contribution >= 4 is 40.2 Å². The van der Waals surface area contributed by atoms with Crippen LogP contribution in [0.3, 0.4) is 0 Å². The number of carbonyl (C=O) groups is 1. The van der Waals surface area contributed by atoms with Crippen LogP contribution in [0.5, 0.6) is 0 Å². The van der Waals surface area contributed by atoms with Crippen molar-refractivity contribution in [1.29, 1.82) is 0 Å². The lowest BCUT2D eigenvalue weighted by molar-refractivity contribution is -0.668. The van der Waals surface area contributed by atoms with Crippen molar-refractivity contribution in [3.8, 4) is 0 Å². The van der Waals surface area contributed by atoms with Gasteiger partial charge in [-0.3, -0.25) is 4.79 Å². The first-order valence-corrected chi connectivity index (χ1v) is 8.29. The maximum Gasteiger partial charge on any atom is 0.322 e. The molecule has 1 saturated heterocycles. The predicted octanol–water partition coefficient (Wildman–Crippen LogP) is 2.65. The average molecular weight is 409 g/mol. The van der Waals surface area contributed by atoms with Crippen molar-refractivity contribution in [3.05, 3.63) is 34.9 Å². The molecule has 0 bridgehead atoms. The fraction of sp³-hybridized carbons (Fsp3) is 0.533. The van der Waals surface area contributed by atoms with Gasteiger partial charge in [-0.2, -0.15) is 0 Å². The summed E-state index contributed by atoms with van der Waals surface area (Å²) in [4.78, 5) is 12.3. The number of hydrogen-bond donors (Lipinski definition) is 1. The molecule has 0 saturated carbocycles. The highest BCUT2D eigenvalue weighted by Gasteiger charge is 2.42. The van der Waals surface area contributed by atoms with Crippen molar-refractivity contribution in [2.45, 2.75) is 35.7 Å². The van der Waals surface area contributed by atoms with E-state index in [1.807, 2.05) is 38.1 Å². The Morgan fingerprint density at radius 2 is 1.85 bits per heavy atom. The summed E-state index contributed by atoms with van der Waals surface area (Å²) in [6.07, 6.45) is 1.68. The molecular weight excluding hydrogens is 389 g/mol. The quantitative estimate of drug-likeness (QED) is 0.475. The van der Waals surface area contributed by atoms with E-state index in [9.17, 15) is 4.79 Å². The second-order valence-corrected chi connectivity index (χ2v) is 8.86. The van der Waals surface area contributed by atoms with E-state index in [2.05, 4.69) is 27.9 Å². The number of rotatable bonds is 3. The zero-order valence-electron chi connectivity index (χ0n) is 11.8. The largest absolute Gasteiger partial charge is 0.453 e. The average Bonchev–Trinajstić information content (AvgIpc) is 2.39. The number of hydrogen-bond acceptors (Lipinski definition) is 2. The normalized spacial score (nSPS) is 18.6. The molecule has 0 spiro atoms. The summed E-state index contributed by atoms with van der Waals surface area (Å²) < 4.78 is 5.44. The summed E-state index contributed by atoms with van der Waals surface area (Å²) in [6, 6.07) is 7.67. The molecule has 0 unspecified atom stereocenters. The highest BCUT2D eigenvalue weighted by Crippen LogP contribution is 2.36. The number of ether oxygens (including phenoxy) is 1. The van der Waals surface area contributed by atoms with Crippen LogP contribution in [-0.2, 0) is 15.1 Å². The van der Waals surface area contributed by atoms with Gasteiger partial charge in [0.2, 0.25) is 0 Å². The van der Waals surface area contributed by atoms with Gasteiger partial charge in [0.05, 0.1) is 13.1 Å². The maximum atomic E-state index is 12.3. The Balaban J connectivity index is 2.30. The third kappa shape index (κ3) is 3.65. The molecule has 0 amide bonds. The fourth-order valence-electron chi connectivity index (χ4n) is 2.44. The van der Waals surface area contributed by atoms with E-state index in [0.717, 1.165) is 31.5 Å². The Bertz CT molecular complexity index is 476. The van der Waals surface area contributed by atoms with E-state index in [4.69, 9.17) is 16.3 Å². The molecule has 0 aromatic heterocycles. The number of alkyl halides is 1. The van der Waals surface area contributed by atoms with Crippen molar-refractivity contribution in [1.82, 2.24) is 0 Å². The van der Waals surface area contributed by atoms with Crippen molar-refractivity contribution in [2.24, 2.45) is 0 Å². The first-order valence-electron chi connectivity index (χ1n) is 6.84. The van der Waals surface area contributed by atoms with Crippen LogP contribution in [-0.4, -0.2) is 22.5 Å². The van der Waals surface area contributed by atoms with Crippen LogP contribution in [0, 0.1) is 0 Å². The molecule has 0 atom stereocenters. The van der Waals surface area contributed by atoms with Crippen LogP contribution in [0.1, 0.15) is 32.3 Å². The molecule has 2 rings (SSSR count). The Labute approximate surface area is 138 Å². The number of nitrogens with two attached hydrogens (primary N) is 1. The van der Waals surface area contributed by atoms with Gasteiger partial charge in [-0.05, 0) is 31.5 Å². The van der Waals surface area contributed by atoms with E-state index in [0.29, 0.717) is 5.02 Å². The second kappa shape index (κ2) is 6.20. The number of piperidine rings is 1. The Hall–Kier alpha value is -0.330. The van der Waals surface area contributed by atoms with E-state index in [1.165, 1.54) is 0 Å². The van der Waals surface area contributed by atoms with E-state index < -0.39 is 9.02 Å². The Morgan fingerprint density at radius 1 is 1.30 bits per heavy atom. The first-order chi connectivity index (χ1) is 9.33. The van der Waals surface area contributed by atoms with Gasteiger partial charge in [-0.1, -0.05) is 46.3 Å². The zero-order valence-corrected chi connectivity index (χ0v) is 14.7. The molecule has 0 radical (unpaired) electrons. The summed E-state index contributed by atoms with van der Waals surface area (Å²) in [5.74, 6) is -0.157. The zero-order chi connectivity index (χ0) is 14.8. The van der Waals surface area contributed by atoms with Crippen LogP contribution < -0.4 is 5.32 Å². The SMILES string of the molecule is CC(C)(I)C(=O)OC1(c2ccc(Cl)cc2)CC[NH2+]CC1. The standard InChI is InChI=1S/C15H19ClINO2/c1-14(2,17)13(19)20-15(7-9-18-10-8-15)11-3-5-12(16)6-4-11/h3-6,18H,7-10H2,1-2H3/p+1. The van der Waals surface area contributed by atoms with Crippen LogP contribution in [0.25, 0.3) is 0 Å². The predicted molar refractivity (Wildman–Crippen MR) is 88.2 cm³/mol.